The van der Waals surface area contributed by atoms with Gasteiger partial charge in [0.2, 0.25) is 6.15 Å². The van der Waals surface area contributed by atoms with Crippen molar-refractivity contribution in [1.29, 1.82) is 0 Å². The van der Waals surface area contributed by atoms with E-state index in [9.17, 15) is 26.3 Å². The summed E-state index contributed by atoms with van der Waals surface area (Å²) in [6.07, 6.45) is -5.53. The molecule has 0 unspecified atom stereocenters. The van der Waals surface area contributed by atoms with E-state index in [1.807, 2.05) is 65.8 Å². The van der Waals surface area contributed by atoms with Gasteiger partial charge in [-0.2, -0.15) is 0 Å². The van der Waals surface area contributed by atoms with Crippen molar-refractivity contribution in [3.63, 3.8) is 0 Å². The summed E-state index contributed by atoms with van der Waals surface area (Å²) in [7, 11) is -1.70. The Morgan fingerprint density at radius 3 is 1.08 bits per heavy atom. The lowest BCUT2D eigenvalue weighted by Crippen LogP contribution is -2.64. The molecule has 0 amide bonds. The molecule has 0 aromatic heterocycles. The van der Waals surface area contributed by atoms with Crippen LogP contribution in [0.1, 0.15) is 54.2 Å². The van der Waals surface area contributed by atoms with Crippen molar-refractivity contribution in [3.8, 4) is 5.97 Å². The smallest absolute Gasteiger partial charge is 0.207 e. The lowest BCUT2D eigenvalue weighted by Gasteiger charge is -2.36. The number of nitrogens with zero attached hydrogens (tertiary/aromatic N) is 1. The minimum absolute atomic E-state index is 0.281. The second kappa shape index (κ2) is 14.1. The summed E-state index contributed by atoms with van der Waals surface area (Å²) in [6, 6.07) is 7.54. The summed E-state index contributed by atoms with van der Waals surface area (Å²) in [5.41, 5.74) is 0.101. The van der Waals surface area contributed by atoms with Crippen LogP contribution in [-0.2, 0) is 0 Å². The van der Waals surface area contributed by atoms with Gasteiger partial charge in [0.1, 0.15) is 23.3 Å². The van der Waals surface area contributed by atoms with Crippen molar-refractivity contribution >= 4 is 35.6 Å². The highest BCUT2D eigenvalue weighted by molar-refractivity contribution is 7.73. The molecule has 0 saturated heterocycles. The zero-order valence-electron chi connectivity index (χ0n) is 29.0. The van der Waals surface area contributed by atoms with Crippen molar-refractivity contribution in [1.82, 2.24) is 0 Å². The summed E-state index contributed by atoms with van der Waals surface area (Å²) in [6.45, 7) is 15.3. The predicted molar refractivity (Wildman–Crippen MR) is 182 cm³/mol. The minimum Gasteiger partial charge on any atom is -0.207 e. The van der Waals surface area contributed by atoms with Crippen LogP contribution in [0.3, 0.4) is 0 Å². The van der Waals surface area contributed by atoms with Crippen molar-refractivity contribution in [2.24, 2.45) is 0 Å². The van der Waals surface area contributed by atoms with Gasteiger partial charge >= 0.3 is 0 Å². The largest absolute Gasteiger partial charge is 0.268 e. The van der Waals surface area contributed by atoms with E-state index in [-0.39, 0.29) is 6.16 Å². The molecule has 0 aliphatic carbocycles. The molecule has 1 nitrogen and oxygen atoms in total. The van der Waals surface area contributed by atoms with Crippen molar-refractivity contribution in [3.05, 3.63) is 121 Å². The van der Waals surface area contributed by atoms with Crippen LogP contribution >= 0.6 is 7.92 Å². The van der Waals surface area contributed by atoms with Gasteiger partial charge in [-0.05, 0) is 82.3 Å². The SMILES string of the molecule is Cc1cc(C)c(P(CC[B-](C#[N+]C(C)(C)C)(c2c(F)c(F)c(F)c(F)c2F)c2c(F)c(F)c(F)c(F)c2F)c2c(C)cc(C)cc2C)c(C)c1. The molecule has 13 heteroatoms. The van der Waals surface area contributed by atoms with Crippen LogP contribution in [-0.4, -0.2) is 17.8 Å². The molecular weight excluding hydrogens is 690 g/mol. The summed E-state index contributed by atoms with van der Waals surface area (Å²) in [5.74, 6) is -22.8. The Hall–Kier alpha value is -3.84. The van der Waals surface area contributed by atoms with Gasteiger partial charge in [-0.25, -0.2) is 43.9 Å². The van der Waals surface area contributed by atoms with Gasteiger partial charge in [0.05, 0.1) is 5.97 Å². The van der Waals surface area contributed by atoms with E-state index in [4.69, 9.17) is 0 Å². The van der Waals surface area contributed by atoms with Gasteiger partial charge in [-0.15, -0.1) is 22.1 Å². The third-order valence-electron chi connectivity index (χ3n) is 8.69. The van der Waals surface area contributed by atoms with E-state index in [0.29, 0.717) is 0 Å². The molecule has 0 bridgehead atoms. The lowest BCUT2D eigenvalue weighted by atomic mass is 9.17. The first kappa shape index (κ1) is 39.0. The molecule has 4 aromatic rings. The third-order valence-corrected chi connectivity index (χ3v) is 11.9. The molecule has 0 aliphatic heterocycles. The molecule has 0 spiro atoms. The second-order valence-corrected chi connectivity index (χ2v) is 16.1. The normalized spacial score (nSPS) is 12.1. The van der Waals surface area contributed by atoms with Crippen molar-refractivity contribution in [2.45, 2.75) is 74.2 Å². The van der Waals surface area contributed by atoms with E-state index in [1.165, 1.54) is 20.8 Å². The van der Waals surface area contributed by atoms with Crippen LogP contribution in [0.25, 0.3) is 4.85 Å². The van der Waals surface area contributed by atoms with Gasteiger partial charge in [0, 0.05) is 20.8 Å². The molecule has 0 heterocycles. The van der Waals surface area contributed by atoms with Crippen LogP contribution in [0.4, 0.5) is 43.9 Å². The maximum atomic E-state index is 16.0. The lowest BCUT2D eigenvalue weighted by molar-refractivity contribution is 0.381. The van der Waals surface area contributed by atoms with E-state index < -0.39 is 95.0 Å². The molecule has 50 heavy (non-hydrogen) atoms. The standard InChI is InChI=1S/C37H35BF10NP/c1-17-12-19(3)35(20(4)13-17)50(36-21(5)14-18(2)15-22(36)6)11-10-38(16-49-37(7,8)9,23-25(39)29(43)33(47)30(44)26(23)40)24-27(41)31(45)34(48)32(46)28(24)42/h12-15H,10-11H2,1-9H3. The molecule has 4 rings (SSSR count). The zero-order valence-corrected chi connectivity index (χ0v) is 29.9. The van der Waals surface area contributed by atoms with Gasteiger partial charge in [-0.3, -0.25) is 0 Å². The number of benzene rings is 4. The van der Waals surface area contributed by atoms with E-state index >= 15 is 17.6 Å². The highest BCUT2D eigenvalue weighted by atomic mass is 31.1. The third kappa shape index (κ3) is 6.91. The van der Waals surface area contributed by atoms with E-state index in [2.05, 4.69) is 10.8 Å². The van der Waals surface area contributed by atoms with Gasteiger partial charge in [0.25, 0.3) is 5.54 Å². The summed E-state index contributed by atoms with van der Waals surface area (Å²) in [4.78, 5) is 4.07. The van der Waals surface area contributed by atoms with Crippen molar-refractivity contribution in [2.75, 3.05) is 6.16 Å². The highest BCUT2D eigenvalue weighted by Gasteiger charge is 2.47. The van der Waals surface area contributed by atoms with Crippen LogP contribution in [0.15, 0.2) is 24.3 Å². The molecular formula is C37H35BF10NP. The van der Waals surface area contributed by atoms with E-state index in [1.54, 1.807) is 0 Å². The minimum atomic E-state index is -4.36. The van der Waals surface area contributed by atoms with Crippen LogP contribution in [0.2, 0.25) is 6.32 Å². The summed E-state index contributed by atoms with van der Waals surface area (Å²) in [5, 5.41) is 1.51. The predicted octanol–water partition coefficient (Wildman–Crippen LogP) is 9.29. The Labute approximate surface area is 286 Å². The maximum Gasteiger partial charge on any atom is 0.268 e. The number of aryl methyl sites for hydroxylation is 6. The Bertz CT molecular complexity index is 1860. The average molecular weight is 725 g/mol. The first-order chi connectivity index (χ1) is 23.0. The van der Waals surface area contributed by atoms with Crippen LogP contribution in [0.5, 0.6) is 0 Å². The maximum absolute atomic E-state index is 16.0. The Morgan fingerprint density at radius 2 is 0.800 bits per heavy atom. The van der Waals surface area contributed by atoms with Gasteiger partial charge in [0.15, 0.2) is 34.9 Å². The Balaban J connectivity index is 2.24. The Morgan fingerprint density at radius 1 is 0.520 bits per heavy atom. The fourth-order valence-electron chi connectivity index (χ4n) is 6.89. The zero-order chi connectivity index (χ0) is 37.8. The first-order valence-corrected chi connectivity index (χ1v) is 17.2. The second-order valence-electron chi connectivity index (χ2n) is 13.9. The summed E-state index contributed by atoms with van der Waals surface area (Å²) < 4.78 is 153. The molecule has 4 aromatic carbocycles. The fraction of sp³-hybridized carbons (Fsp3) is 0.324. The topological polar surface area (TPSA) is 4.36 Å². The van der Waals surface area contributed by atoms with Crippen molar-refractivity contribution < 1.29 is 43.9 Å². The number of hydrogen-bond donors (Lipinski definition) is 0. The van der Waals surface area contributed by atoms with Gasteiger partial charge in [-0.1, -0.05) is 41.6 Å². The number of rotatable bonds is 7. The van der Waals surface area contributed by atoms with Crippen LogP contribution < -0.4 is 21.5 Å². The van der Waals surface area contributed by atoms with Gasteiger partial charge < -0.3 is 0 Å². The Kier molecular flexibility index (Phi) is 11.0. The fourth-order valence-corrected chi connectivity index (χ4v) is 10.2. The molecule has 0 radical (unpaired) electrons. The quantitative estimate of drug-likeness (QED) is 0.0589. The number of hydrogen-bond acceptors (Lipinski definition) is 0. The van der Waals surface area contributed by atoms with Crippen LogP contribution in [0, 0.1) is 106 Å². The molecule has 0 atom stereocenters. The van der Waals surface area contributed by atoms with E-state index in [0.717, 1.165) is 44.0 Å². The molecule has 0 aliphatic rings. The molecule has 0 saturated carbocycles. The molecule has 0 fully saturated rings. The highest BCUT2D eigenvalue weighted by Crippen LogP contribution is 2.42. The average Bonchev–Trinajstić information content (AvgIpc) is 3.00. The number of halogens is 10. The first-order valence-electron chi connectivity index (χ1n) is 15.7. The summed E-state index contributed by atoms with van der Waals surface area (Å²) >= 11 is 0. The molecule has 266 valence electrons. The molecule has 0 N–H and O–H groups in total. The monoisotopic (exact) mass is 725 g/mol.